The highest BCUT2D eigenvalue weighted by molar-refractivity contribution is 5.80. The van der Waals surface area contributed by atoms with Gasteiger partial charge in [-0.15, -0.1) is 0 Å². The second kappa shape index (κ2) is 7.92. The summed E-state index contributed by atoms with van der Waals surface area (Å²) < 4.78 is 0. The summed E-state index contributed by atoms with van der Waals surface area (Å²) >= 11 is 0. The topological polar surface area (TPSA) is 64.3 Å². The Kier molecular flexibility index (Phi) is 5.19. The first-order valence-corrected chi connectivity index (χ1v) is 9.84. The average molecular weight is 377 g/mol. The van der Waals surface area contributed by atoms with E-state index in [9.17, 15) is 4.79 Å². The van der Waals surface area contributed by atoms with Crippen LogP contribution in [0.4, 0.5) is 11.6 Å². The molecule has 0 saturated carbocycles. The molecule has 1 amide bonds. The van der Waals surface area contributed by atoms with Crippen molar-refractivity contribution in [2.24, 2.45) is 5.92 Å². The molecule has 3 aromatic rings. The van der Waals surface area contributed by atoms with Crippen molar-refractivity contribution in [3.05, 3.63) is 54.1 Å². The molecule has 1 unspecified atom stereocenters. The number of H-pyrrole nitrogens is 1. The number of hydrogen-bond acceptors (Lipinski definition) is 4. The summed E-state index contributed by atoms with van der Waals surface area (Å²) in [6.45, 7) is 2.19. The van der Waals surface area contributed by atoms with E-state index in [0.717, 1.165) is 47.6 Å². The van der Waals surface area contributed by atoms with Gasteiger partial charge in [0, 0.05) is 39.4 Å². The van der Waals surface area contributed by atoms with Crippen LogP contribution in [0.3, 0.4) is 0 Å². The zero-order valence-corrected chi connectivity index (χ0v) is 16.5. The van der Waals surface area contributed by atoms with Gasteiger partial charge in [0.1, 0.15) is 0 Å². The van der Waals surface area contributed by atoms with Crippen molar-refractivity contribution in [1.82, 2.24) is 15.3 Å². The number of aromatic nitrogens is 2. The van der Waals surface area contributed by atoms with Gasteiger partial charge in [-0.25, -0.2) is 4.98 Å². The number of piperidine rings is 1. The van der Waals surface area contributed by atoms with Gasteiger partial charge in [-0.1, -0.05) is 24.3 Å². The number of nitrogens with zero attached hydrogens (tertiary/aromatic N) is 3. The van der Waals surface area contributed by atoms with E-state index >= 15 is 0 Å². The molecule has 1 aliphatic heterocycles. The molecule has 1 saturated heterocycles. The second-order valence-electron chi connectivity index (χ2n) is 7.64. The Morgan fingerprint density at radius 3 is 2.75 bits per heavy atom. The molecule has 2 aromatic carbocycles. The van der Waals surface area contributed by atoms with Gasteiger partial charge in [-0.2, -0.15) is 0 Å². The Labute approximate surface area is 165 Å². The average Bonchev–Trinajstić information content (AvgIpc) is 3.17. The fraction of sp³-hybridized carbons (Fsp3) is 0.364. The number of hydrogen-bond donors (Lipinski definition) is 2. The third-order valence-electron chi connectivity index (χ3n) is 5.39. The van der Waals surface area contributed by atoms with Crippen LogP contribution in [0.25, 0.3) is 11.0 Å². The maximum Gasteiger partial charge on any atom is 0.225 e. The molecule has 2 N–H and O–H groups in total. The second-order valence-corrected chi connectivity index (χ2v) is 7.64. The van der Waals surface area contributed by atoms with E-state index in [2.05, 4.69) is 49.4 Å². The van der Waals surface area contributed by atoms with Crippen molar-refractivity contribution in [3.63, 3.8) is 0 Å². The van der Waals surface area contributed by atoms with E-state index in [0.29, 0.717) is 13.1 Å². The van der Waals surface area contributed by atoms with Gasteiger partial charge < -0.3 is 20.1 Å². The summed E-state index contributed by atoms with van der Waals surface area (Å²) in [5, 5.41) is 3.11. The highest BCUT2D eigenvalue weighted by Gasteiger charge is 2.27. The van der Waals surface area contributed by atoms with E-state index in [1.165, 1.54) is 0 Å². The van der Waals surface area contributed by atoms with Crippen LogP contribution in [0.1, 0.15) is 18.4 Å². The molecule has 6 heteroatoms. The first kappa shape index (κ1) is 18.3. The van der Waals surface area contributed by atoms with Crippen LogP contribution in [0, 0.1) is 5.92 Å². The first-order valence-electron chi connectivity index (χ1n) is 9.84. The summed E-state index contributed by atoms with van der Waals surface area (Å²) in [4.78, 5) is 25.0. The Bertz CT molecular complexity index is 914. The van der Waals surface area contributed by atoms with E-state index in [1.54, 1.807) is 0 Å². The molecule has 1 atom stereocenters. The lowest BCUT2D eigenvalue weighted by Gasteiger charge is -2.31. The standard InChI is InChI=1S/C22H27N5O/c1-26(2)18-11-9-16(10-12-18)14-23-21(28)17-6-5-13-27(15-17)22-24-19-7-3-4-8-20(19)25-22/h3-4,7-12,17H,5-6,13-15H2,1-2H3,(H,23,28)(H,24,25). The van der Waals surface area contributed by atoms with Crippen LogP contribution in [-0.4, -0.2) is 43.1 Å². The SMILES string of the molecule is CN(C)c1ccc(CNC(=O)C2CCCN(c3nc4ccccc4[nH]3)C2)cc1. The number of anilines is 2. The minimum absolute atomic E-state index is 0.0111. The number of para-hydroxylation sites is 2. The number of nitrogens with one attached hydrogen (secondary N) is 2. The summed E-state index contributed by atoms with van der Waals surface area (Å²) in [6.07, 6.45) is 1.91. The molecule has 0 bridgehead atoms. The van der Waals surface area contributed by atoms with Crippen LogP contribution in [-0.2, 0) is 11.3 Å². The Hall–Kier alpha value is -3.02. The molecule has 0 spiro atoms. The number of amides is 1. The highest BCUT2D eigenvalue weighted by atomic mass is 16.1. The van der Waals surface area contributed by atoms with Crippen molar-refractivity contribution in [2.75, 3.05) is 37.0 Å². The molecular formula is C22H27N5O. The van der Waals surface area contributed by atoms with Crippen LogP contribution >= 0.6 is 0 Å². The lowest BCUT2D eigenvalue weighted by molar-refractivity contribution is -0.125. The number of aromatic amines is 1. The molecular weight excluding hydrogens is 350 g/mol. The monoisotopic (exact) mass is 377 g/mol. The predicted octanol–water partition coefficient (Wildman–Crippen LogP) is 3.16. The Balaban J connectivity index is 1.36. The van der Waals surface area contributed by atoms with E-state index < -0.39 is 0 Å². The van der Waals surface area contributed by atoms with Gasteiger partial charge in [-0.3, -0.25) is 4.79 Å². The Morgan fingerprint density at radius 2 is 2.00 bits per heavy atom. The zero-order chi connectivity index (χ0) is 19.5. The number of fused-ring (bicyclic) bond motifs is 1. The summed E-state index contributed by atoms with van der Waals surface area (Å²) in [6, 6.07) is 16.3. The van der Waals surface area contributed by atoms with Crippen LogP contribution in [0.5, 0.6) is 0 Å². The van der Waals surface area contributed by atoms with Crippen LogP contribution < -0.4 is 15.1 Å². The zero-order valence-electron chi connectivity index (χ0n) is 16.5. The minimum Gasteiger partial charge on any atom is -0.378 e. The van der Waals surface area contributed by atoms with Crippen molar-refractivity contribution in [2.45, 2.75) is 19.4 Å². The molecule has 1 aromatic heterocycles. The molecule has 0 radical (unpaired) electrons. The lowest BCUT2D eigenvalue weighted by atomic mass is 9.97. The van der Waals surface area contributed by atoms with Gasteiger partial charge in [0.05, 0.1) is 17.0 Å². The molecule has 146 valence electrons. The van der Waals surface area contributed by atoms with Gasteiger partial charge in [0.2, 0.25) is 11.9 Å². The third-order valence-corrected chi connectivity index (χ3v) is 5.39. The van der Waals surface area contributed by atoms with Crippen molar-refractivity contribution >= 4 is 28.6 Å². The van der Waals surface area contributed by atoms with Gasteiger partial charge >= 0.3 is 0 Å². The maximum absolute atomic E-state index is 12.7. The summed E-state index contributed by atoms with van der Waals surface area (Å²) in [5.74, 6) is 0.971. The van der Waals surface area contributed by atoms with Crippen molar-refractivity contribution < 1.29 is 4.79 Å². The molecule has 1 aliphatic rings. The molecule has 0 aliphatic carbocycles. The molecule has 1 fully saturated rings. The van der Waals surface area contributed by atoms with Gasteiger partial charge in [0.25, 0.3) is 0 Å². The third kappa shape index (κ3) is 3.96. The number of imidazole rings is 1. The number of rotatable bonds is 5. The van der Waals surface area contributed by atoms with Crippen molar-refractivity contribution in [1.29, 1.82) is 0 Å². The van der Waals surface area contributed by atoms with E-state index in [4.69, 9.17) is 0 Å². The fourth-order valence-corrected chi connectivity index (χ4v) is 3.72. The van der Waals surface area contributed by atoms with Gasteiger partial charge in [0.15, 0.2) is 0 Å². The predicted molar refractivity (Wildman–Crippen MR) is 114 cm³/mol. The molecule has 2 heterocycles. The normalized spacial score (nSPS) is 16.9. The smallest absolute Gasteiger partial charge is 0.225 e. The maximum atomic E-state index is 12.7. The largest absolute Gasteiger partial charge is 0.378 e. The summed E-state index contributed by atoms with van der Waals surface area (Å²) in [5.41, 5.74) is 4.27. The minimum atomic E-state index is -0.0111. The fourth-order valence-electron chi connectivity index (χ4n) is 3.72. The molecule has 28 heavy (non-hydrogen) atoms. The highest BCUT2D eigenvalue weighted by Crippen LogP contribution is 2.23. The molecule has 6 nitrogen and oxygen atoms in total. The van der Waals surface area contributed by atoms with E-state index in [-0.39, 0.29) is 11.8 Å². The van der Waals surface area contributed by atoms with Gasteiger partial charge in [-0.05, 0) is 42.7 Å². The summed E-state index contributed by atoms with van der Waals surface area (Å²) in [7, 11) is 4.04. The number of benzene rings is 2. The number of carbonyl (C=O) groups is 1. The lowest BCUT2D eigenvalue weighted by Crippen LogP contribution is -2.43. The molecule has 4 rings (SSSR count). The number of carbonyl (C=O) groups excluding carboxylic acids is 1. The Morgan fingerprint density at radius 1 is 1.21 bits per heavy atom. The van der Waals surface area contributed by atoms with E-state index in [1.807, 2.05) is 38.4 Å². The van der Waals surface area contributed by atoms with Crippen molar-refractivity contribution in [3.8, 4) is 0 Å². The quantitative estimate of drug-likeness (QED) is 0.717. The van der Waals surface area contributed by atoms with Crippen LogP contribution in [0.15, 0.2) is 48.5 Å². The van der Waals surface area contributed by atoms with Crippen LogP contribution in [0.2, 0.25) is 0 Å². The first-order chi connectivity index (χ1) is 13.6.